The van der Waals surface area contributed by atoms with Crippen LogP contribution in [0.3, 0.4) is 0 Å². The zero-order valence-corrected chi connectivity index (χ0v) is 40.9. The molecule has 9 aromatic carbocycles. The van der Waals surface area contributed by atoms with E-state index in [4.69, 9.17) is 0 Å². The van der Waals surface area contributed by atoms with Gasteiger partial charge in [-0.2, -0.15) is 0 Å². The van der Waals surface area contributed by atoms with Crippen LogP contribution in [-0.2, 0) is 0 Å². The quantitative estimate of drug-likeness (QED) is 0.0612. The first-order valence-corrected chi connectivity index (χ1v) is 24.8. The summed E-state index contributed by atoms with van der Waals surface area (Å²) in [5.74, 6) is 0. The Bertz CT molecular complexity index is 3010. The van der Waals surface area contributed by atoms with Gasteiger partial charge < -0.3 is 4.90 Å². The average Bonchev–Trinajstić information content (AvgIpc) is 3.45. The molecule has 0 saturated heterocycles. The smallest absolute Gasteiger partial charge is 0.0462 e. The van der Waals surface area contributed by atoms with E-state index in [0.29, 0.717) is 0 Å². The van der Waals surface area contributed by atoms with E-state index in [0.717, 1.165) is 67.1 Å². The van der Waals surface area contributed by atoms with Gasteiger partial charge >= 0.3 is 0 Å². The molecule has 0 bridgehead atoms. The van der Waals surface area contributed by atoms with Crippen molar-refractivity contribution in [1.82, 2.24) is 0 Å². The van der Waals surface area contributed by atoms with Crippen LogP contribution in [0.1, 0.15) is 66.8 Å². The van der Waals surface area contributed by atoms with Crippen molar-refractivity contribution in [3.63, 3.8) is 0 Å². The number of nitrogens with zero attached hydrogens (tertiary/aromatic N) is 1. The van der Waals surface area contributed by atoms with Crippen LogP contribution in [0.2, 0.25) is 0 Å². The van der Waals surface area contributed by atoms with E-state index in [2.05, 4.69) is 333 Å². The van der Waals surface area contributed by atoms with E-state index in [1.807, 2.05) is 18.2 Å². The lowest BCUT2D eigenvalue weighted by Gasteiger charge is -2.26. The highest BCUT2D eigenvalue weighted by molar-refractivity contribution is 5.81. The molecule has 1 heteroatoms. The molecule has 9 rings (SSSR count). The first-order valence-electron chi connectivity index (χ1n) is 24.8. The third-order valence-electron chi connectivity index (χ3n) is 12.1. The molecule has 0 unspecified atom stereocenters. The molecule has 0 aliphatic rings. The molecule has 0 spiro atoms. The number of anilines is 3. The molecule has 9 aromatic rings. The molecule has 0 amide bonds. The van der Waals surface area contributed by atoms with Crippen LogP contribution in [0.5, 0.6) is 0 Å². The summed E-state index contributed by atoms with van der Waals surface area (Å²) in [5.41, 5.74) is 17.2. The van der Waals surface area contributed by atoms with Crippen molar-refractivity contribution in [1.29, 1.82) is 0 Å². The number of hydrogen-bond acceptors (Lipinski definition) is 1. The summed E-state index contributed by atoms with van der Waals surface area (Å²) >= 11 is 0. The fourth-order valence-electron chi connectivity index (χ4n) is 8.08. The maximum atomic E-state index is 2.32. The molecule has 0 aliphatic heterocycles. The average molecular weight is 936 g/mol. The Morgan fingerprint density at radius 2 is 0.301 bits per heavy atom. The maximum absolute atomic E-state index is 2.32. The largest absolute Gasteiger partial charge is 0.311 e. The lowest BCUT2D eigenvalue weighted by molar-refractivity contribution is 1.28. The van der Waals surface area contributed by atoms with Gasteiger partial charge in [0, 0.05) is 17.1 Å². The van der Waals surface area contributed by atoms with Crippen molar-refractivity contribution in [3.05, 3.63) is 340 Å². The van der Waals surface area contributed by atoms with Crippen molar-refractivity contribution in [2.45, 2.75) is 0 Å². The zero-order chi connectivity index (χ0) is 49.5. The van der Waals surface area contributed by atoms with Gasteiger partial charge in [0.1, 0.15) is 0 Å². The highest BCUT2D eigenvalue weighted by atomic mass is 15.1. The summed E-state index contributed by atoms with van der Waals surface area (Å²) in [7, 11) is 0. The topological polar surface area (TPSA) is 3.24 Å². The molecule has 0 aromatic heterocycles. The summed E-state index contributed by atoms with van der Waals surface area (Å²) in [5, 5.41) is 0. The Labute approximate surface area is 432 Å². The Hall–Kier alpha value is -9.56. The molecule has 73 heavy (non-hydrogen) atoms. The van der Waals surface area contributed by atoms with Gasteiger partial charge in [-0.05, 0) is 103 Å². The van der Waals surface area contributed by atoms with Gasteiger partial charge in [0.05, 0.1) is 0 Å². The second kappa shape index (κ2) is 25.9. The first kappa shape index (κ1) is 48.5. The Morgan fingerprint density at radius 3 is 0.493 bits per heavy atom. The minimum atomic E-state index is 1.08. The third-order valence-corrected chi connectivity index (χ3v) is 12.1. The van der Waals surface area contributed by atoms with Crippen LogP contribution >= 0.6 is 0 Å². The van der Waals surface area contributed by atoms with Gasteiger partial charge in [-0.15, -0.1) is 0 Å². The van der Waals surface area contributed by atoms with Crippen molar-refractivity contribution >= 4 is 90.0 Å². The van der Waals surface area contributed by atoms with Crippen LogP contribution in [-0.4, -0.2) is 0 Å². The van der Waals surface area contributed by atoms with Gasteiger partial charge in [-0.25, -0.2) is 0 Å². The summed E-state index contributed by atoms with van der Waals surface area (Å²) in [6, 6.07) is 83.3. The van der Waals surface area contributed by atoms with E-state index in [1.54, 1.807) is 0 Å². The fraction of sp³-hybridized carbons (Fsp3) is 0. The summed E-state index contributed by atoms with van der Waals surface area (Å²) in [4.78, 5) is 2.32. The fourth-order valence-corrected chi connectivity index (χ4v) is 8.08. The second-order valence-corrected chi connectivity index (χ2v) is 17.5. The SMILES string of the molecule is C(/C=C/c1ccc(/C=C/c2ccc(N(c3ccc(/C=C/c4ccc(/C=C/C=C/c5ccccc5)cc4)cc3)c3ccc(/C=C/c4ccc(/C=C/C=C/c5ccccc5)cc4)cc3)cc2)cc1)=C\c1ccccc1. The van der Waals surface area contributed by atoms with Crippen LogP contribution in [0, 0.1) is 0 Å². The second-order valence-electron chi connectivity index (χ2n) is 17.5. The molecule has 0 atom stereocenters. The molecule has 0 heterocycles. The number of benzene rings is 9. The highest BCUT2D eigenvalue weighted by Gasteiger charge is 2.12. The summed E-state index contributed by atoms with van der Waals surface area (Å²) < 4.78 is 0. The zero-order valence-electron chi connectivity index (χ0n) is 40.9. The van der Waals surface area contributed by atoms with Crippen molar-refractivity contribution < 1.29 is 0 Å². The number of rotatable bonds is 18. The van der Waals surface area contributed by atoms with E-state index < -0.39 is 0 Å². The van der Waals surface area contributed by atoms with Crippen LogP contribution in [0.4, 0.5) is 17.1 Å². The van der Waals surface area contributed by atoms with E-state index in [9.17, 15) is 0 Å². The number of allylic oxidation sites excluding steroid dienone is 6. The molecule has 0 fully saturated rings. The molecule has 0 aliphatic carbocycles. The molecule has 1 nitrogen and oxygen atoms in total. The molecular weight excluding hydrogens is 879 g/mol. The summed E-state index contributed by atoms with van der Waals surface area (Å²) in [6.07, 6.45) is 38.2. The van der Waals surface area contributed by atoms with E-state index in [-0.39, 0.29) is 0 Å². The Morgan fingerprint density at radius 1 is 0.151 bits per heavy atom. The summed E-state index contributed by atoms with van der Waals surface area (Å²) in [6.45, 7) is 0. The standard InChI is InChI=1S/C72H57N/c1-4-16-58(17-5-1)22-10-13-25-61-28-34-64(35-29-61)40-43-67-46-52-70(53-47-67)73(71-54-48-68(49-55-71)44-41-65-36-30-62(31-37-65)26-14-11-23-59-18-6-2-7-19-59)72-56-50-69(51-57-72)45-42-66-38-32-63(33-39-66)27-15-12-24-60-20-8-3-9-21-60/h1-57H/b22-10+,23-11+,24-12+,25-13+,26-14+,27-15+,43-40+,44-41+,45-42+. The Kier molecular flexibility index (Phi) is 17.2. The molecule has 0 radical (unpaired) electrons. The van der Waals surface area contributed by atoms with Gasteiger partial charge in [0.2, 0.25) is 0 Å². The van der Waals surface area contributed by atoms with Gasteiger partial charge in [0.25, 0.3) is 0 Å². The molecule has 0 saturated carbocycles. The normalized spacial score (nSPS) is 12.2. The maximum Gasteiger partial charge on any atom is 0.0462 e. The number of hydrogen-bond donors (Lipinski definition) is 0. The third kappa shape index (κ3) is 15.2. The van der Waals surface area contributed by atoms with Crippen molar-refractivity contribution in [2.24, 2.45) is 0 Å². The predicted octanol–water partition coefficient (Wildman–Crippen LogP) is 19.8. The molecule has 350 valence electrons. The van der Waals surface area contributed by atoms with Crippen molar-refractivity contribution in [3.8, 4) is 0 Å². The lowest BCUT2D eigenvalue weighted by Crippen LogP contribution is -2.09. The van der Waals surface area contributed by atoms with Gasteiger partial charge in [-0.3, -0.25) is 0 Å². The lowest BCUT2D eigenvalue weighted by atomic mass is 10.1. The van der Waals surface area contributed by atoms with Crippen LogP contribution < -0.4 is 4.90 Å². The Balaban J connectivity index is 0.876. The predicted molar refractivity (Wildman–Crippen MR) is 321 cm³/mol. The van der Waals surface area contributed by atoms with Gasteiger partial charge in [0.15, 0.2) is 0 Å². The first-order chi connectivity index (χ1) is 36.1. The minimum absolute atomic E-state index is 1.08. The van der Waals surface area contributed by atoms with E-state index >= 15 is 0 Å². The molecular formula is C72H57N. The highest BCUT2D eigenvalue weighted by Crippen LogP contribution is 2.35. The van der Waals surface area contributed by atoms with Crippen LogP contribution in [0.15, 0.2) is 273 Å². The van der Waals surface area contributed by atoms with Gasteiger partial charge in [-0.1, -0.05) is 310 Å². The molecule has 0 N–H and O–H groups in total. The van der Waals surface area contributed by atoms with Crippen LogP contribution in [0.25, 0.3) is 72.9 Å². The minimum Gasteiger partial charge on any atom is -0.311 e. The monoisotopic (exact) mass is 935 g/mol. The van der Waals surface area contributed by atoms with Crippen molar-refractivity contribution in [2.75, 3.05) is 4.90 Å². The van der Waals surface area contributed by atoms with E-state index in [1.165, 1.54) is 16.7 Å².